The standard InChI is InChI=1S/C15H19N5O2/c1-9-7-19(8-13-17-16-10(2)20(9)13)15(21)14-11-5-3-4-6-12(11)18-22-14/h9H,3-8H2,1-2H3/t9-/m1/s1. The number of aryl methyl sites for hydroxylation is 2. The molecule has 2 aliphatic rings. The molecule has 1 aliphatic heterocycles. The molecule has 0 aromatic carbocycles. The van der Waals surface area contributed by atoms with Crippen LogP contribution >= 0.6 is 0 Å². The summed E-state index contributed by atoms with van der Waals surface area (Å²) in [7, 11) is 0. The quantitative estimate of drug-likeness (QED) is 0.800. The van der Waals surface area contributed by atoms with Crippen molar-refractivity contribution in [3.63, 3.8) is 0 Å². The van der Waals surface area contributed by atoms with Crippen LogP contribution in [0.5, 0.6) is 0 Å². The molecule has 4 rings (SSSR count). The zero-order chi connectivity index (χ0) is 15.3. The molecule has 3 heterocycles. The summed E-state index contributed by atoms with van der Waals surface area (Å²) in [5.41, 5.74) is 1.96. The molecule has 7 nitrogen and oxygen atoms in total. The predicted molar refractivity (Wildman–Crippen MR) is 77.4 cm³/mol. The van der Waals surface area contributed by atoms with Gasteiger partial charge in [-0.2, -0.15) is 0 Å². The zero-order valence-corrected chi connectivity index (χ0v) is 12.9. The van der Waals surface area contributed by atoms with Crippen molar-refractivity contribution in [1.29, 1.82) is 0 Å². The van der Waals surface area contributed by atoms with Crippen molar-refractivity contribution in [2.75, 3.05) is 6.54 Å². The average Bonchev–Trinajstić information content (AvgIpc) is 3.11. The molecule has 116 valence electrons. The van der Waals surface area contributed by atoms with Crippen molar-refractivity contribution in [2.24, 2.45) is 0 Å². The highest BCUT2D eigenvalue weighted by molar-refractivity contribution is 5.93. The first-order valence-corrected chi connectivity index (χ1v) is 7.82. The van der Waals surface area contributed by atoms with Crippen molar-refractivity contribution in [1.82, 2.24) is 24.8 Å². The Morgan fingerprint density at radius 1 is 1.27 bits per heavy atom. The van der Waals surface area contributed by atoms with E-state index in [4.69, 9.17) is 4.52 Å². The van der Waals surface area contributed by atoms with E-state index in [2.05, 4.69) is 26.8 Å². The van der Waals surface area contributed by atoms with E-state index in [-0.39, 0.29) is 11.9 Å². The van der Waals surface area contributed by atoms with Crippen molar-refractivity contribution in [3.05, 3.63) is 28.7 Å². The molecular weight excluding hydrogens is 282 g/mol. The topological polar surface area (TPSA) is 77.0 Å². The Morgan fingerprint density at radius 3 is 2.95 bits per heavy atom. The maximum absolute atomic E-state index is 12.8. The molecule has 2 aromatic rings. The number of amides is 1. The van der Waals surface area contributed by atoms with E-state index < -0.39 is 0 Å². The van der Waals surface area contributed by atoms with Gasteiger partial charge in [0, 0.05) is 12.1 Å². The van der Waals surface area contributed by atoms with Gasteiger partial charge in [-0.05, 0) is 39.5 Å². The average molecular weight is 301 g/mol. The van der Waals surface area contributed by atoms with Crippen LogP contribution in [-0.2, 0) is 19.4 Å². The summed E-state index contributed by atoms with van der Waals surface area (Å²) in [5, 5.41) is 12.4. The minimum Gasteiger partial charge on any atom is -0.350 e. The van der Waals surface area contributed by atoms with Crippen molar-refractivity contribution in [2.45, 2.75) is 52.1 Å². The Bertz CT molecular complexity index is 732. The van der Waals surface area contributed by atoms with Crippen LogP contribution in [0.15, 0.2) is 4.52 Å². The van der Waals surface area contributed by atoms with Gasteiger partial charge in [0.05, 0.1) is 18.3 Å². The van der Waals surface area contributed by atoms with E-state index in [1.54, 1.807) is 4.90 Å². The zero-order valence-electron chi connectivity index (χ0n) is 12.9. The molecule has 0 unspecified atom stereocenters. The third-order valence-corrected chi connectivity index (χ3v) is 4.64. The Balaban J connectivity index is 1.63. The van der Waals surface area contributed by atoms with Gasteiger partial charge in [-0.3, -0.25) is 4.79 Å². The summed E-state index contributed by atoms with van der Waals surface area (Å²) in [6.07, 6.45) is 4.02. The van der Waals surface area contributed by atoms with Gasteiger partial charge in [-0.25, -0.2) is 0 Å². The molecular formula is C15H19N5O2. The monoisotopic (exact) mass is 301 g/mol. The Labute approximate surface area is 128 Å². The van der Waals surface area contributed by atoms with E-state index in [0.717, 1.165) is 48.6 Å². The third kappa shape index (κ3) is 1.95. The van der Waals surface area contributed by atoms with Crippen LogP contribution in [0.2, 0.25) is 0 Å². The van der Waals surface area contributed by atoms with Gasteiger partial charge >= 0.3 is 0 Å². The Morgan fingerprint density at radius 2 is 2.09 bits per heavy atom. The van der Waals surface area contributed by atoms with Crippen LogP contribution in [0.25, 0.3) is 0 Å². The first kappa shape index (κ1) is 13.5. The van der Waals surface area contributed by atoms with E-state index >= 15 is 0 Å². The number of rotatable bonds is 1. The van der Waals surface area contributed by atoms with Crippen molar-refractivity contribution >= 4 is 5.91 Å². The summed E-state index contributed by atoms with van der Waals surface area (Å²) >= 11 is 0. The molecule has 2 aromatic heterocycles. The highest BCUT2D eigenvalue weighted by atomic mass is 16.5. The van der Waals surface area contributed by atoms with E-state index in [1.807, 2.05) is 6.92 Å². The number of carbonyl (C=O) groups excluding carboxylic acids is 1. The molecule has 0 fully saturated rings. The summed E-state index contributed by atoms with van der Waals surface area (Å²) in [6, 6.07) is 0.168. The first-order valence-electron chi connectivity index (χ1n) is 7.82. The lowest BCUT2D eigenvalue weighted by molar-refractivity contribution is 0.0636. The fourth-order valence-corrected chi connectivity index (χ4v) is 3.59. The van der Waals surface area contributed by atoms with Gasteiger partial charge in [0.2, 0.25) is 5.76 Å². The normalized spacial score (nSPS) is 20.6. The smallest absolute Gasteiger partial charge is 0.293 e. The second-order valence-electron chi connectivity index (χ2n) is 6.21. The maximum Gasteiger partial charge on any atom is 0.293 e. The molecule has 0 N–H and O–H groups in total. The van der Waals surface area contributed by atoms with E-state index in [1.165, 1.54) is 0 Å². The number of hydrogen-bond donors (Lipinski definition) is 0. The van der Waals surface area contributed by atoms with Crippen LogP contribution < -0.4 is 0 Å². The SMILES string of the molecule is Cc1nnc2n1[C@H](C)CN(C(=O)c1onc3c1CCCC3)C2. The molecule has 22 heavy (non-hydrogen) atoms. The van der Waals surface area contributed by atoms with E-state index in [0.29, 0.717) is 18.8 Å². The summed E-state index contributed by atoms with van der Waals surface area (Å²) < 4.78 is 7.47. The maximum atomic E-state index is 12.8. The third-order valence-electron chi connectivity index (χ3n) is 4.64. The first-order chi connectivity index (χ1) is 10.6. The lowest BCUT2D eigenvalue weighted by Crippen LogP contribution is -2.40. The predicted octanol–water partition coefficient (Wildman–Crippen LogP) is 1.67. The van der Waals surface area contributed by atoms with Crippen molar-refractivity contribution < 1.29 is 9.32 Å². The molecule has 0 saturated heterocycles. The second kappa shape index (κ2) is 4.93. The minimum absolute atomic E-state index is 0.0746. The molecule has 0 saturated carbocycles. The molecule has 0 spiro atoms. The Hall–Kier alpha value is -2.18. The Kier molecular flexibility index (Phi) is 3.02. The van der Waals surface area contributed by atoms with Gasteiger partial charge in [0.15, 0.2) is 5.82 Å². The number of carbonyl (C=O) groups is 1. The van der Waals surface area contributed by atoms with Crippen LogP contribution in [0.1, 0.15) is 59.3 Å². The van der Waals surface area contributed by atoms with Crippen molar-refractivity contribution in [3.8, 4) is 0 Å². The highest BCUT2D eigenvalue weighted by Gasteiger charge is 2.33. The number of nitrogens with zero attached hydrogens (tertiary/aromatic N) is 5. The second-order valence-corrected chi connectivity index (χ2v) is 6.21. The van der Waals surface area contributed by atoms with Gasteiger partial charge in [-0.1, -0.05) is 5.16 Å². The summed E-state index contributed by atoms with van der Waals surface area (Å²) in [4.78, 5) is 14.6. The fourth-order valence-electron chi connectivity index (χ4n) is 3.59. The van der Waals surface area contributed by atoms with Crippen LogP contribution in [0.4, 0.5) is 0 Å². The molecule has 1 aliphatic carbocycles. The lowest BCUT2D eigenvalue weighted by Gasteiger charge is -2.31. The summed E-state index contributed by atoms with van der Waals surface area (Å²) in [5.74, 6) is 2.07. The summed E-state index contributed by atoms with van der Waals surface area (Å²) in [6.45, 7) is 5.13. The molecule has 1 amide bonds. The largest absolute Gasteiger partial charge is 0.350 e. The van der Waals surface area contributed by atoms with E-state index in [9.17, 15) is 4.79 Å². The van der Waals surface area contributed by atoms with Gasteiger partial charge in [0.25, 0.3) is 5.91 Å². The highest BCUT2D eigenvalue weighted by Crippen LogP contribution is 2.27. The number of aromatic nitrogens is 4. The number of hydrogen-bond acceptors (Lipinski definition) is 5. The van der Waals surface area contributed by atoms with Crippen LogP contribution in [0, 0.1) is 6.92 Å². The minimum atomic E-state index is -0.0746. The molecule has 1 atom stereocenters. The fraction of sp³-hybridized carbons (Fsp3) is 0.600. The van der Waals surface area contributed by atoms with Gasteiger partial charge in [-0.15, -0.1) is 10.2 Å². The number of fused-ring (bicyclic) bond motifs is 2. The molecule has 7 heteroatoms. The molecule has 0 radical (unpaired) electrons. The van der Waals surface area contributed by atoms with Crippen LogP contribution in [0.3, 0.4) is 0 Å². The van der Waals surface area contributed by atoms with Gasteiger partial charge < -0.3 is 14.0 Å². The van der Waals surface area contributed by atoms with Gasteiger partial charge in [0.1, 0.15) is 5.82 Å². The lowest BCUT2D eigenvalue weighted by atomic mass is 9.96. The molecule has 0 bridgehead atoms. The van der Waals surface area contributed by atoms with Crippen LogP contribution in [-0.4, -0.2) is 37.3 Å².